The van der Waals surface area contributed by atoms with Crippen LogP contribution in [0.15, 0.2) is 136 Å². The van der Waals surface area contributed by atoms with Gasteiger partial charge in [0.05, 0.1) is 38.3 Å². The molecule has 0 aromatic heterocycles. The van der Waals surface area contributed by atoms with Gasteiger partial charge in [-0.1, -0.05) is 68.1 Å². The van der Waals surface area contributed by atoms with Crippen molar-refractivity contribution in [2.24, 2.45) is 5.92 Å². The number of imide groups is 1. The van der Waals surface area contributed by atoms with Gasteiger partial charge in [0, 0.05) is 48.4 Å². The number of carbonyl (C=O) groups excluding carboxylic acids is 8. The van der Waals surface area contributed by atoms with E-state index in [4.69, 9.17) is 46.9 Å². The van der Waals surface area contributed by atoms with Crippen LogP contribution in [0.1, 0.15) is 111 Å². The molecule has 3 unspecified atom stereocenters. The Morgan fingerprint density at radius 2 is 1.32 bits per heavy atom. The summed E-state index contributed by atoms with van der Waals surface area (Å²) in [6, 6.07) is -1.99. The van der Waals surface area contributed by atoms with Crippen LogP contribution >= 0.6 is 46.7 Å². The molecule has 17 bridgehead atoms. The second-order valence-corrected chi connectivity index (χ2v) is 31.4. The molecule has 16 atom stereocenters. The fourth-order valence-electron chi connectivity index (χ4n) is 14.7. The molecule has 15 rings (SSSR count). The Labute approximate surface area is 673 Å². The second-order valence-electron chi connectivity index (χ2n) is 28.4. The van der Waals surface area contributed by atoms with E-state index in [-0.39, 0.29) is 72.8 Å². The number of hydrogen-bond acceptors (Lipinski definition) is 27. The van der Waals surface area contributed by atoms with Crippen LogP contribution < -0.4 is 46.7 Å². The van der Waals surface area contributed by atoms with Crippen LogP contribution in [0, 0.1) is 5.92 Å². The van der Waals surface area contributed by atoms with Crippen LogP contribution in [-0.4, -0.2) is 200 Å². The molecule has 18 N–H and O–H groups in total. The van der Waals surface area contributed by atoms with E-state index in [1.54, 1.807) is 0 Å². The number of halogens is 2. The van der Waals surface area contributed by atoms with Crippen molar-refractivity contribution in [2.75, 3.05) is 18.1 Å². The monoisotopic (exact) mass is 1660 g/mol. The first-order valence-electron chi connectivity index (χ1n) is 36.6. The minimum Gasteiger partial charge on any atom is -0.512 e. The average molecular weight is 1660 g/mol. The number of nitrogens with zero attached hydrogens (tertiary/aromatic N) is 1. The topological polar surface area (TPSA) is 510 Å². The number of unbranched alkanes of at least 4 members (excludes halogenated alkanes) is 2. The fraction of sp³-hybridized carbons (Fsp3) is 0.372. The SMILES string of the molecule is CCCCSC1=C(SCCCC)C(=O)N([C@H]2C(=O)N[C@@H]3Cc4ccc(c(Cl)c4)Oc4cc5cc(c4O)Oc4ccc(cc4Cl)[C@@H](O[C@@H]4O[C@H](CO)[C@@H](O)[C@H](O)[C@H]4NC(C)=O)[C@H]4NC(=O)[C@H](NC(O)[C@@H]5NC(=O)[C@@H](NC3=O)C3=CC(CC(O)=C3)OC3=CC2CC=C3O)c2ccc(O)c(c2)-c2c(O)cc(O)cc2[C@H](C(=O)O)NC4=O)C1=O. The molecule has 5 aromatic rings. The molecule has 0 radical (unpaired) electrons. The highest BCUT2D eigenvalue weighted by molar-refractivity contribution is 8.08. The average Bonchev–Trinajstić information content (AvgIpc) is 1.51. The molecule has 8 aliphatic heterocycles. The third-order valence-electron chi connectivity index (χ3n) is 20.4. The number of ether oxygens (including phenoxy) is 5. The Kier molecular flexibility index (Phi) is 24.7. The number of nitrogens with one attached hydrogen (secondary N) is 7. The maximum Gasteiger partial charge on any atom is 0.330 e. The number of phenolic OH excluding ortho intramolecular Hbond substituents is 4. The highest BCUT2D eigenvalue weighted by Crippen LogP contribution is 2.50. The molecule has 0 spiro atoms. The number of fused-ring (bicyclic) bond motifs is 12. The van der Waals surface area contributed by atoms with Gasteiger partial charge in [-0.05, 0) is 137 Å². The number of hydrogen-bond donors (Lipinski definition) is 18. The molecule has 8 amide bonds. The van der Waals surface area contributed by atoms with Crippen molar-refractivity contribution in [1.82, 2.24) is 42.1 Å². The van der Waals surface area contributed by atoms with Crippen LogP contribution in [0.25, 0.3) is 11.1 Å². The van der Waals surface area contributed by atoms with E-state index >= 15 is 33.6 Å². The molecule has 37 heteroatoms. The number of allylic oxidation sites excluding steroid dienone is 1. The summed E-state index contributed by atoms with van der Waals surface area (Å²) in [5.74, 6) is -17.1. The van der Waals surface area contributed by atoms with Gasteiger partial charge in [-0.15, -0.1) is 23.5 Å². The number of aliphatic carboxylic acids is 1. The van der Waals surface area contributed by atoms with E-state index in [0.29, 0.717) is 24.3 Å². The summed E-state index contributed by atoms with van der Waals surface area (Å²) in [7, 11) is 0. The maximum atomic E-state index is 16.2. The van der Waals surface area contributed by atoms with E-state index in [2.05, 4.69) is 37.2 Å². The van der Waals surface area contributed by atoms with E-state index in [9.17, 15) is 65.8 Å². The number of aliphatic hydroxyl groups excluding tert-OH is 6. The molecule has 1 saturated heterocycles. The van der Waals surface area contributed by atoms with Crippen LogP contribution in [0.4, 0.5) is 0 Å². The molecular formula is C78H80Cl2N8O25S2. The molecule has 0 saturated carbocycles. The summed E-state index contributed by atoms with van der Waals surface area (Å²) in [5.41, 5.74) is -2.56. The van der Waals surface area contributed by atoms with Gasteiger partial charge in [0.15, 0.2) is 35.3 Å². The van der Waals surface area contributed by atoms with Crippen molar-refractivity contribution < 1.29 is 123 Å². The van der Waals surface area contributed by atoms with Crippen molar-refractivity contribution in [2.45, 2.75) is 157 Å². The summed E-state index contributed by atoms with van der Waals surface area (Å²) in [4.78, 5) is 138. The van der Waals surface area contributed by atoms with Gasteiger partial charge in [-0.2, -0.15) is 0 Å². The van der Waals surface area contributed by atoms with Crippen LogP contribution in [0.3, 0.4) is 0 Å². The van der Waals surface area contributed by atoms with Gasteiger partial charge < -0.3 is 112 Å². The Balaban J connectivity index is 0.999. The highest BCUT2D eigenvalue weighted by atomic mass is 35.5. The molecule has 10 aliphatic rings. The zero-order chi connectivity index (χ0) is 82.3. The number of rotatable bonds is 14. The lowest BCUT2D eigenvalue weighted by Crippen LogP contribution is -2.65. The molecule has 2 aliphatic carbocycles. The number of carboxylic acid groups (broad SMARTS) is 1. The number of carbonyl (C=O) groups is 9. The quantitative estimate of drug-likeness (QED) is 0.0469. The lowest BCUT2D eigenvalue weighted by Gasteiger charge is -2.44. The van der Waals surface area contributed by atoms with Gasteiger partial charge in [-0.3, -0.25) is 48.6 Å². The van der Waals surface area contributed by atoms with Gasteiger partial charge >= 0.3 is 5.97 Å². The zero-order valence-corrected chi connectivity index (χ0v) is 64.4. The summed E-state index contributed by atoms with van der Waals surface area (Å²) in [6.07, 6.45) is -6.74. The number of carboxylic acids is 1. The number of aliphatic hydroxyl groups is 6. The minimum atomic E-state index is -2.49. The van der Waals surface area contributed by atoms with Gasteiger partial charge in [-0.25, -0.2) is 4.79 Å². The maximum absolute atomic E-state index is 16.2. The van der Waals surface area contributed by atoms with Crippen molar-refractivity contribution >= 4 is 100.0 Å². The molecule has 33 nitrogen and oxygen atoms in total. The van der Waals surface area contributed by atoms with Gasteiger partial charge in [0.25, 0.3) is 11.8 Å². The van der Waals surface area contributed by atoms with Crippen molar-refractivity contribution in [1.29, 1.82) is 0 Å². The normalized spacial score (nSPS) is 27.6. The van der Waals surface area contributed by atoms with Gasteiger partial charge in [0.1, 0.15) is 102 Å². The Bertz CT molecular complexity index is 4930. The number of aromatic hydroxyl groups is 4. The summed E-state index contributed by atoms with van der Waals surface area (Å²) < 4.78 is 31.9. The third-order valence-corrected chi connectivity index (χ3v) is 23.4. The summed E-state index contributed by atoms with van der Waals surface area (Å²) in [5, 5.41) is 146. The molecule has 608 valence electrons. The summed E-state index contributed by atoms with van der Waals surface area (Å²) in [6.45, 7) is 3.94. The van der Waals surface area contributed by atoms with E-state index in [0.717, 1.165) is 85.3 Å². The smallest absolute Gasteiger partial charge is 0.330 e. The van der Waals surface area contributed by atoms with Crippen molar-refractivity contribution in [3.8, 4) is 57.1 Å². The lowest BCUT2D eigenvalue weighted by atomic mass is 9.88. The molecule has 5 aromatic carbocycles. The van der Waals surface area contributed by atoms with Crippen molar-refractivity contribution in [3.05, 3.63) is 174 Å². The Morgan fingerprint density at radius 1 is 0.670 bits per heavy atom. The number of thioether (sulfide) groups is 2. The zero-order valence-electron chi connectivity index (χ0n) is 61.3. The van der Waals surface area contributed by atoms with Crippen molar-refractivity contribution in [3.63, 3.8) is 0 Å². The largest absolute Gasteiger partial charge is 0.512 e. The standard InChI is InChI=1S/C78H80Cl2N8O25S2/c1-4-6-16-114-67-68(115-17-7-5-2)76(106)88(75(67)105)62-34-10-13-47(94)51(24-34)109-40-21-36(20-38(91)27-40)57-71(101)85-58-37-25-52(110-49-14-8-32(18-43(49)79)19-45(69(99)83-57)82-74(62)104)63(96)53(26-37)111-50-15-11-35(23-44(50)80)66(113-78-60(81-31(3)90)65(98)64(97)54(30-89)112-78)61-73(103)86-59(77(107)108)42-28-39(92)29-48(95)55(42)41-22-33(9-12-46(41)93)56(70(100)87-61)84-72(58)102/h8-9,11-15,18,20-26,28-29,34,40,45,54,56-62,64-66,72,78,84,89,91-98,102H,4-7,10,16-17,19,27,30H2,1-3H3,(H,81,90)(H,82,104)(H,83,99)(H,85,101)(H,86,103)(H,87,100)(H,107,108)/t34?,40?,45-,54-,56-,57+,58-,59-,60-,61-,62-,64-,65-,66-,72?,78+/m1/s1. The predicted octanol–water partition coefficient (Wildman–Crippen LogP) is 5.69. The number of amides is 8. The molecular weight excluding hydrogens is 1580 g/mol. The molecule has 1 fully saturated rings. The van der Waals surface area contributed by atoms with Crippen LogP contribution in [-0.2, 0) is 63.8 Å². The van der Waals surface area contributed by atoms with E-state index in [1.807, 2.05) is 13.8 Å². The first kappa shape index (κ1) is 82.4. The molecule has 8 heterocycles. The van der Waals surface area contributed by atoms with E-state index < -0.39 is 231 Å². The Hall–Kier alpha value is -10.6. The predicted molar refractivity (Wildman–Crippen MR) is 411 cm³/mol. The van der Waals surface area contributed by atoms with Crippen LogP contribution in [0.2, 0.25) is 10.0 Å². The third kappa shape index (κ3) is 17.1. The minimum absolute atomic E-state index is 0.116. The second kappa shape index (κ2) is 34.5. The highest BCUT2D eigenvalue weighted by Gasteiger charge is 2.52. The lowest BCUT2D eigenvalue weighted by molar-refractivity contribution is -0.284. The Morgan fingerprint density at radius 3 is 1.97 bits per heavy atom. The molecule has 115 heavy (non-hydrogen) atoms. The number of benzene rings is 5. The van der Waals surface area contributed by atoms with Gasteiger partial charge in [0.2, 0.25) is 41.2 Å². The van der Waals surface area contributed by atoms with E-state index in [1.165, 1.54) is 66.0 Å². The number of phenols is 4. The summed E-state index contributed by atoms with van der Waals surface area (Å²) >= 11 is 16.6. The van der Waals surface area contributed by atoms with Crippen LogP contribution in [0.5, 0.6) is 46.0 Å². The first-order valence-corrected chi connectivity index (χ1v) is 39.4. The fourth-order valence-corrected chi connectivity index (χ4v) is 17.7. The first-order chi connectivity index (χ1) is 54.9.